The van der Waals surface area contributed by atoms with E-state index in [-0.39, 0.29) is 11.9 Å². The van der Waals surface area contributed by atoms with Crippen molar-refractivity contribution < 1.29 is 19.0 Å². The molecule has 4 rings (SSSR count). The Morgan fingerprint density at radius 2 is 1.54 bits per heavy atom. The molecule has 1 fully saturated rings. The van der Waals surface area contributed by atoms with Gasteiger partial charge in [0.15, 0.2) is 0 Å². The van der Waals surface area contributed by atoms with Gasteiger partial charge in [-0.1, -0.05) is 54.2 Å². The highest BCUT2D eigenvalue weighted by atomic mass is 32.2. The average molecular weight is 508 g/mol. The second kappa shape index (κ2) is 11.1. The molecule has 5 nitrogen and oxygen atoms in total. The van der Waals surface area contributed by atoms with Crippen molar-refractivity contribution in [2.24, 2.45) is 0 Å². The van der Waals surface area contributed by atoms with E-state index in [1.165, 1.54) is 17.3 Å². The summed E-state index contributed by atoms with van der Waals surface area (Å²) in [7, 11) is 3.26. The normalized spacial score (nSPS) is 19.1. The molecule has 35 heavy (non-hydrogen) atoms. The minimum atomic E-state index is -1.08. The molecule has 0 radical (unpaired) electrons. The number of nitrogens with zero attached hydrogens (tertiary/aromatic N) is 1. The molecule has 0 unspecified atom stereocenters. The summed E-state index contributed by atoms with van der Waals surface area (Å²) in [5, 5.41) is 0. The standard InChI is InChI=1S/C28H29NO4S2/c1-31-23-15-11-21(12-16-23)25-28(33-27(34)35-3,19-7-10-20-8-5-4-6-9-20)26(30)29(25)22-13-17-24(32-2)18-14-22/h4-6,8-9,11-18,25H,7,10,19H2,1-3H3/t25-,28+/m1/s1. The molecule has 2 atom stereocenters. The van der Waals surface area contributed by atoms with Gasteiger partial charge in [-0.15, -0.1) is 0 Å². The van der Waals surface area contributed by atoms with E-state index in [2.05, 4.69) is 12.1 Å². The summed E-state index contributed by atoms with van der Waals surface area (Å²) in [4.78, 5) is 15.7. The molecule has 0 aromatic heterocycles. The van der Waals surface area contributed by atoms with Crippen LogP contribution in [0.1, 0.15) is 30.0 Å². The number of β-lactam (4-membered cyclic amide) rings is 1. The van der Waals surface area contributed by atoms with Crippen LogP contribution in [0.25, 0.3) is 0 Å². The molecule has 0 spiro atoms. The van der Waals surface area contributed by atoms with E-state index < -0.39 is 5.60 Å². The number of ether oxygens (including phenoxy) is 3. The van der Waals surface area contributed by atoms with Crippen LogP contribution < -0.4 is 14.4 Å². The number of benzene rings is 3. The number of thiocarbonyl (C=S) groups is 1. The molecular formula is C28H29NO4S2. The lowest BCUT2D eigenvalue weighted by Crippen LogP contribution is -2.70. The highest BCUT2D eigenvalue weighted by Crippen LogP contribution is 2.52. The van der Waals surface area contributed by atoms with Crippen LogP contribution in [0.2, 0.25) is 0 Å². The van der Waals surface area contributed by atoms with E-state index >= 15 is 0 Å². The third-order valence-electron chi connectivity index (χ3n) is 6.35. The largest absolute Gasteiger partial charge is 0.497 e. The fraction of sp³-hybridized carbons (Fsp3) is 0.286. The molecule has 182 valence electrons. The van der Waals surface area contributed by atoms with Crippen molar-refractivity contribution in [2.45, 2.75) is 30.9 Å². The number of thioether (sulfide) groups is 1. The minimum Gasteiger partial charge on any atom is -0.497 e. The molecule has 0 bridgehead atoms. The number of hydrogen-bond acceptors (Lipinski definition) is 6. The van der Waals surface area contributed by atoms with Crippen molar-refractivity contribution in [3.63, 3.8) is 0 Å². The van der Waals surface area contributed by atoms with Crippen LogP contribution in [0.4, 0.5) is 5.69 Å². The lowest BCUT2D eigenvalue weighted by molar-refractivity contribution is -0.151. The predicted octanol–water partition coefficient (Wildman–Crippen LogP) is 6.22. The number of methoxy groups -OCH3 is 2. The Kier molecular flexibility index (Phi) is 7.98. The smallest absolute Gasteiger partial charge is 0.274 e. The van der Waals surface area contributed by atoms with Crippen molar-refractivity contribution in [1.29, 1.82) is 0 Å². The topological polar surface area (TPSA) is 48.0 Å². The Morgan fingerprint density at radius 3 is 2.11 bits per heavy atom. The zero-order valence-corrected chi connectivity index (χ0v) is 21.7. The maximum atomic E-state index is 13.9. The van der Waals surface area contributed by atoms with E-state index in [0.29, 0.717) is 10.8 Å². The van der Waals surface area contributed by atoms with Crippen molar-refractivity contribution in [3.05, 3.63) is 90.0 Å². The lowest BCUT2D eigenvalue weighted by Gasteiger charge is -2.55. The number of aryl methyl sites for hydroxylation is 1. The lowest BCUT2D eigenvalue weighted by atomic mass is 9.74. The van der Waals surface area contributed by atoms with Gasteiger partial charge in [0.25, 0.3) is 5.91 Å². The monoisotopic (exact) mass is 507 g/mol. The van der Waals surface area contributed by atoms with Crippen LogP contribution >= 0.6 is 24.0 Å². The molecule has 1 aliphatic rings. The highest BCUT2D eigenvalue weighted by Gasteiger charge is 2.64. The summed E-state index contributed by atoms with van der Waals surface area (Å²) in [5.41, 5.74) is 1.90. The third-order valence-corrected chi connectivity index (χ3v) is 7.35. The molecule has 1 heterocycles. The van der Waals surface area contributed by atoms with Crippen LogP contribution in [0, 0.1) is 0 Å². The molecule has 0 saturated carbocycles. The van der Waals surface area contributed by atoms with Crippen LogP contribution in [0.5, 0.6) is 11.5 Å². The van der Waals surface area contributed by atoms with Gasteiger partial charge in [-0.3, -0.25) is 9.69 Å². The van der Waals surface area contributed by atoms with E-state index in [9.17, 15) is 4.79 Å². The number of anilines is 1. The molecule has 1 amide bonds. The Morgan fingerprint density at radius 1 is 0.943 bits per heavy atom. The van der Waals surface area contributed by atoms with Gasteiger partial charge < -0.3 is 14.2 Å². The van der Waals surface area contributed by atoms with Gasteiger partial charge in [0.05, 0.1) is 14.2 Å². The maximum absolute atomic E-state index is 13.9. The second-order valence-electron chi connectivity index (χ2n) is 8.33. The molecule has 1 saturated heterocycles. The quantitative estimate of drug-likeness (QED) is 0.253. The van der Waals surface area contributed by atoms with Crippen molar-refractivity contribution in [2.75, 3.05) is 25.4 Å². The van der Waals surface area contributed by atoms with Crippen LogP contribution in [0.3, 0.4) is 0 Å². The van der Waals surface area contributed by atoms with Gasteiger partial charge in [-0.2, -0.15) is 0 Å². The summed E-state index contributed by atoms with van der Waals surface area (Å²) in [6.07, 6.45) is 4.05. The Hall–Kier alpha value is -3.03. The Balaban J connectivity index is 1.71. The Bertz CT molecular complexity index is 1150. The Labute approximate surface area is 216 Å². The number of rotatable bonds is 9. The summed E-state index contributed by atoms with van der Waals surface area (Å²) in [6, 6.07) is 25.2. The first-order valence-electron chi connectivity index (χ1n) is 11.4. The molecule has 0 aliphatic carbocycles. The average Bonchev–Trinajstić information content (AvgIpc) is 2.91. The van der Waals surface area contributed by atoms with Gasteiger partial charge in [0.1, 0.15) is 17.5 Å². The summed E-state index contributed by atoms with van der Waals surface area (Å²) in [5.74, 6) is 1.40. The third kappa shape index (κ3) is 5.16. The van der Waals surface area contributed by atoms with Crippen molar-refractivity contribution in [1.82, 2.24) is 0 Å². The van der Waals surface area contributed by atoms with E-state index in [4.69, 9.17) is 26.4 Å². The predicted molar refractivity (Wildman–Crippen MR) is 146 cm³/mol. The molecule has 3 aromatic carbocycles. The summed E-state index contributed by atoms with van der Waals surface area (Å²) >= 11 is 6.80. The number of carbonyl (C=O) groups is 1. The molecule has 0 N–H and O–H groups in total. The highest BCUT2D eigenvalue weighted by molar-refractivity contribution is 8.22. The zero-order valence-electron chi connectivity index (χ0n) is 20.1. The molecule has 7 heteroatoms. The number of carbonyl (C=O) groups excluding carboxylic acids is 1. The van der Waals surface area contributed by atoms with E-state index in [1.807, 2.05) is 73.0 Å². The van der Waals surface area contributed by atoms with E-state index in [0.717, 1.165) is 35.6 Å². The van der Waals surface area contributed by atoms with Crippen molar-refractivity contribution in [3.8, 4) is 11.5 Å². The van der Waals surface area contributed by atoms with Gasteiger partial charge in [0.2, 0.25) is 9.98 Å². The fourth-order valence-corrected chi connectivity index (χ4v) is 4.96. The van der Waals surface area contributed by atoms with Crippen molar-refractivity contribution >= 4 is 40.0 Å². The maximum Gasteiger partial charge on any atom is 0.274 e. The van der Waals surface area contributed by atoms with Gasteiger partial charge in [0, 0.05) is 5.69 Å². The first-order valence-corrected chi connectivity index (χ1v) is 13.1. The number of amides is 1. The molecule has 3 aromatic rings. The van der Waals surface area contributed by atoms with Gasteiger partial charge in [-0.25, -0.2) is 0 Å². The number of hydrogen-bond donors (Lipinski definition) is 0. The second-order valence-corrected chi connectivity index (χ2v) is 9.74. The summed E-state index contributed by atoms with van der Waals surface area (Å²) in [6.45, 7) is 0. The first kappa shape index (κ1) is 25.1. The summed E-state index contributed by atoms with van der Waals surface area (Å²) < 4.78 is 17.4. The first-order chi connectivity index (χ1) is 17.0. The molecular weight excluding hydrogens is 478 g/mol. The minimum absolute atomic E-state index is 0.0899. The van der Waals surface area contributed by atoms with Crippen LogP contribution in [0.15, 0.2) is 78.9 Å². The van der Waals surface area contributed by atoms with Crippen LogP contribution in [-0.2, 0) is 16.0 Å². The fourth-order valence-electron chi connectivity index (χ4n) is 4.58. The van der Waals surface area contributed by atoms with E-state index in [1.54, 1.807) is 19.1 Å². The van der Waals surface area contributed by atoms with Gasteiger partial charge in [-0.05, 0) is 85.3 Å². The van der Waals surface area contributed by atoms with Gasteiger partial charge >= 0.3 is 0 Å². The zero-order chi connectivity index (χ0) is 24.8. The SMILES string of the molecule is COc1ccc([C@H]2N(c3ccc(OC)cc3)C(=O)[C@@]2(CCCc2ccccc2)OC(=S)SC)cc1. The van der Waals surface area contributed by atoms with Crippen LogP contribution in [-0.4, -0.2) is 36.4 Å². The molecule has 1 aliphatic heterocycles.